The summed E-state index contributed by atoms with van der Waals surface area (Å²) in [4.78, 5) is 23.8. The maximum atomic E-state index is 13.1. The Kier molecular flexibility index (Phi) is 6.61. The number of carbonyl (C=O) groups is 2. The first-order valence-corrected chi connectivity index (χ1v) is 7.36. The van der Waals surface area contributed by atoms with Gasteiger partial charge in [-0.25, -0.2) is 8.78 Å². The number of nitrogens with one attached hydrogen (secondary N) is 1. The number of ketones is 1. The van der Waals surface area contributed by atoms with Crippen LogP contribution in [0.5, 0.6) is 0 Å². The van der Waals surface area contributed by atoms with Crippen LogP contribution >= 0.6 is 0 Å². The van der Waals surface area contributed by atoms with E-state index in [4.69, 9.17) is 5.73 Å². The Morgan fingerprint density at radius 2 is 1.77 bits per heavy atom. The van der Waals surface area contributed by atoms with E-state index in [0.717, 1.165) is 12.1 Å². The molecule has 0 spiro atoms. The molecule has 0 fully saturated rings. The molecule has 0 aliphatic carbocycles. The molecule has 1 rings (SSSR count). The van der Waals surface area contributed by atoms with Gasteiger partial charge >= 0.3 is 0 Å². The summed E-state index contributed by atoms with van der Waals surface area (Å²) in [6.07, 6.45) is 1.32. The number of amides is 1. The molecular formula is C16H22F2N2O2. The van der Waals surface area contributed by atoms with Crippen LogP contribution in [0.25, 0.3) is 0 Å². The van der Waals surface area contributed by atoms with Gasteiger partial charge in [-0.1, -0.05) is 13.8 Å². The van der Waals surface area contributed by atoms with Crippen LogP contribution in [-0.2, 0) is 4.79 Å². The summed E-state index contributed by atoms with van der Waals surface area (Å²) < 4.78 is 25.9. The highest BCUT2D eigenvalue weighted by Gasteiger charge is 2.26. The highest BCUT2D eigenvalue weighted by atomic mass is 19.2. The largest absolute Gasteiger partial charge is 0.349 e. The summed E-state index contributed by atoms with van der Waals surface area (Å²) in [7, 11) is 0. The number of nitrogens with two attached hydrogens (primary N) is 1. The monoisotopic (exact) mass is 312 g/mol. The minimum Gasteiger partial charge on any atom is -0.349 e. The van der Waals surface area contributed by atoms with Crippen molar-refractivity contribution in [2.45, 2.75) is 45.1 Å². The molecule has 0 radical (unpaired) electrons. The number of rotatable bonds is 8. The van der Waals surface area contributed by atoms with E-state index in [1.54, 1.807) is 0 Å². The van der Waals surface area contributed by atoms with Crippen LogP contribution in [-0.4, -0.2) is 23.8 Å². The molecule has 0 unspecified atom stereocenters. The maximum Gasteiger partial charge on any atom is 0.220 e. The van der Waals surface area contributed by atoms with Gasteiger partial charge in [0.2, 0.25) is 5.91 Å². The van der Waals surface area contributed by atoms with Crippen LogP contribution in [0.1, 0.15) is 49.9 Å². The van der Waals surface area contributed by atoms with Gasteiger partial charge in [-0.2, -0.15) is 0 Å². The first kappa shape index (κ1) is 18.2. The number of halogens is 2. The molecule has 0 aromatic heterocycles. The Bertz CT molecular complexity index is 535. The van der Waals surface area contributed by atoms with E-state index >= 15 is 0 Å². The first-order chi connectivity index (χ1) is 10.4. The maximum absolute atomic E-state index is 13.1. The molecule has 0 aliphatic heterocycles. The molecule has 3 N–H and O–H groups in total. The van der Waals surface area contributed by atoms with E-state index in [1.807, 2.05) is 13.8 Å². The summed E-state index contributed by atoms with van der Waals surface area (Å²) in [5.41, 5.74) is 5.30. The van der Waals surface area contributed by atoms with Gasteiger partial charge in [-0.05, 0) is 31.0 Å². The fraction of sp³-hybridized carbons (Fsp3) is 0.500. The van der Waals surface area contributed by atoms with Gasteiger partial charge in [0.05, 0.1) is 5.54 Å². The Labute approximate surface area is 129 Å². The number of hydrogen-bond acceptors (Lipinski definition) is 3. The average molecular weight is 312 g/mol. The van der Waals surface area contributed by atoms with Gasteiger partial charge < -0.3 is 11.1 Å². The van der Waals surface area contributed by atoms with Crippen molar-refractivity contribution in [2.75, 3.05) is 6.54 Å². The van der Waals surface area contributed by atoms with Gasteiger partial charge in [0.15, 0.2) is 17.4 Å². The lowest BCUT2D eigenvalue weighted by Gasteiger charge is -2.31. The summed E-state index contributed by atoms with van der Waals surface area (Å²) in [6.45, 7) is 4.19. The standard InChI is InChI=1S/C16H22F2N2O2/c1-3-16(4-2,10-19)20-15(22)8-7-14(21)11-5-6-12(17)13(18)9-11/h5-6,9H,3-4,7-8,10,19H2,1-2H3,(H,20,22). The lowest BCUT2D eigenvalue weighted by atomic mass is 9.92. The van der Waals surface area contributed by atoms with Crippen LogP contribution < -0.4 is 11.1 Å². The van der Waals surface area contributed by atoms with Crippen molar-refractivity contribution in [3.63, 3.8) is 0 Å². The van der Waals surface area contributed by atoms with Crippen molar-refractivity contribution in [2.24, 2.45) is 5.73 Å². The van der Waals surface area contributed by atoms with Crippen molar-refractivity contribution in [3.05, 3.63) is 35.4 Å². The zero-order valence-corrected chi connectivity index (χ0v) is 12.9. The van der Waals surface area contributed by atoms with Gasteiger partial charge in [-0.15, -0.1) is 0 Å². The predicted molar refractivity (Wildman–Crippen MR) is 80.4 cm³/mol. The Morgan fingerprint density at radius 3 is 2.27 bits per heavy atom. The van der Waals surface area contributed by atoms with Crippen LogP contribution in [0, 0.1) is 11.6 Å². The third kappa shape index (κ3) is 4.59. The lowest BCUT2D eigenvalue weighted by Crippen LogP contribution is -2.52. The summed E-state index contributed by atoms with van der Waals surface area (Å²) in [5.74, 6) is -2.76. The molecule has 22 heavy (non-hydrogen) atoms. The van der Waals surface area contributed by atoms with Gasteiger partial charge in [0.25, 0.3) is 0 Å². The highest BCUT2D eigenvalue weighted by Crippen LogP contribution is 2.15. The Hall–Kier alpha value is -1.82. The molecule has 1 amide bonds. The summed E-state index contributed by atoms with van der Waals surface area (Å²) in [5, 5.41) is 2.86. The molecule has 6 heteroatoms. The average Bonchev–Trinajstić information content (AvgIpc) is 2.53. The lowest BCUT2D eigenvalue weighted by molar-refractivity contribution is -0.123. The number of Topliss-reactive ketones (excluding diaryl/α,β-unsaturated/α-hetero) is 1. The molecule has 0 bridgehead atoms. The number of hydrogen-bond donors (Lipinski definition) is 2. The van der Waals surface area contributed by atoms with Gasteiger partial charge in [0.1, 0.15) is 0 Å². The molecule has 122 valence electrons. The second-order valence-corrected chi connectivity index (χ2v) is 5.29. The van der Waals surface area contributed by atoms with Crippen molar-refractivity contribution in [3.8, 4) is 0 Å². The predicted octanol–water partition coefficient (Wildman–Crippen LogP) is 2.56. The molecule has 0 saturated carbocycles. The van der Waals surface area contributed by atoms with E-state index < -0.39 is 23.0 Å². The molecule has 0 heterocycles. The minimum absolute atomic E-state index is 0.0143. The first-order valence-electron chi connectivity index (χ1n) is 7.36. The van der Waals surface area contributed by atoms with E-state index in [-0.39, 0.29) is 24.3 Å². The second kappa shape index (κ2) is 7.98. The molecule has 1 aromatic carbocycles. The molecule has 1 aromatic rings. The topological polar surface area (TPSA) is 72.2 Å². The SMILES string of the molecule is CCC(CC)(CN)NC(=O)CCC(=O)c1ccc(F)c(F)c1. The number of benzene rings is 1. The Balaban J connectivity index is 2.60. The van der Waals surface area contributed by atoms with Gasteiger partial charge in [-0.3, -0.25) is 9.59 Å². The van der Waals surface area contributed by atoms with Crippen LogP contribution in [0.4, 0.5) is 8.78 Å². The van der Waals surface area contributed by atoms with Crippen molar-refractivity contribution in [1.29, 1.82) is 0 Å². The third-order valence-corrected chi connectivity index (χ3v) is 3.97. The molecule has 4 nitrogen and oxygen atoms in total. The van der Waals surface area contributed by atoms with Crippen LogP contribution in [0.3, 0.4) is 0 Å². The minimum atomic E-state index is -1.07. The van der Waals surface area contributed by atoms with E-state index in [1.165, 1.54) is 6.07 Å². The zero-order valence-electron chi connectivity index (χ0n) is 12.9. The van der Waals surface area contributed by atoms with Crippen LogP contribution in [0.15, 0.2) is 18.2 Å². The van der Waals surface area contributed by atoms with Crippen molar-refractivity contribution < 1.29 is 18.4 Å². The van der Waals surface area contributed by atoms with Crippen molar-refractivity contribution >= 4 is 11.7 Å². The van der Waals surface area contributed by atoms with E-state index in [2.05, 4.69) is 5.32 Å². The van der Waals surface area contributed by atoms with Gasteiger partial charge in [0, 0.05) is 24.9 Å². The molecule has 0 aliphatic rings. The second-order valence-electron chi connectivity index (χ2n) is 5.29. The quantitative estimate of drug-likeness (QED) is 0.725. The third-order valence-electron chi connectivity index (χ3n) is 3.97. The number of carbonyl (C=O) groups excluding carboxylic acids is 2. The van der Waals surface area contributed by atoms with Crippen molar-refractivity contribution in [1.82, 2.24) is 5.32 Å². The van der Waals surface area contributed by atoms with E-state index in [9.17, 15) is 18.4 Å². The Morgan fingerprint density at radius 1 is 1.14 bits per heavy atom. The zero-order chi connectivity index (χ0) is 16.8. The van der Waals surface area contributed by atoms with E-state index in [0.29, 0.717) is 19.4 Å². The van der Waals surface area contributed by atoms with Crippen LogP contribution in [0.2, 0.25) is 0 Å². The fourth-order valence-electron chi connectivity index (χ4n) is 2.17. The smallest absolute Gasteiger partial charge is 0.220 e. The summed E-state index contributed by atoms with van der Waals surface area (Å²) >= 11 is 0. The fourth-order valence-corrected chi connectivity index (χ4v) is 2.17. The molecular weight excluding hydrogens is 290 g/mol. The molecule has 0 saturated heterocycles. The summed E-state index contributed by atoms with van der Waals surface area (Å²) in [6, 6.07) is 2.95. The highest BCUT2D eigenvalue weighted by molar-refractivity contribution is 5.98. The normalized spacial score (nSPS) is 11.3. The molecule has 0 atom stereocenters.